The first kappa shape index (κ1) is 17.0. The first-order valence-corrected chi connectivity index (χ1v) is 9.54. The molecule has 1 saturated heterocycles. The van der Waals surface area contributed by atoms with Crippen molar-refractivity contribution in [3.8, 4) is 0 Å². The molecule has 1 aliphatic rings. The van der Waals surface area contributed by atoms with Gasteiger partial charge in [0, 0.05) is 51.2 Å². The van der Waals surface area contributed by atoms with Crippen LogP contribution in [0.2, 0.25) is 0 Å². The molecule has 1 fully saturated rings. The molecule has 2 aromatic rings. The Bertz CT molecular complexity index is 738. The van der Waals surface area contributed by atoms with Gasteiger partial charge in [0.2, 0.25) is 10.0 Å². The van der Waals surface area contributed by atoms with Gasteiger partial charge in [0.1, 0.15) is 0 Å². The van der Waals surface area contributed by atoms with Crippen LogP contribution in [-0.2, 0) is 10.0 Å². The number of pyridine rings is 1. The number of piperazine rings is 1. The molecule has 6 nitrogen and oxygen atoms in total. The quantitative estimate of drug-likeness (QED) is 0.816. The zero-order chi connectivity index (χ0) is 16.8. The Morgan fingerprint density at radius 2 is 2.04 bits per heavy atom. The maximum atomic E-state index is 12.3. The Balaban J connectivity index is 1.61. The topological polar surface area (TPSA) is 74.3 Å². The molecule has 3 rings (SSSR count). The molecule has 24 heavy (non-hydrogen) atoms. The van der Waals surface area contributed by atoms with Gasteiger partial charge in [-0.25, -0.2) is 13.1 Å². The van der Waals surface area contributed by atoms with Gasteiger partial charge in [-0.1, -0.05) is 24.3 Å². The lowest BCUT2D eigenvalue weighted by Gasteiger charge is -2.36. The molecule has 0 aliphatic carbocycles. The summed E-state index contributed by atoms with van der Waals surface area (Å²) in [5.41, 5.74) is 1.15. The van der Waals surface area contributed by atoms with Crippen molar-refractivity contribution in [3.05, 3.63) is 60.4 Å². The lowest BCUT2D eigenvalue weighted by molar-refractivity contribution is 0.165. The molecule has 2 N–H and O–H groups in total. The van der Waals surface area contributed by atoms with E-state index in [4.69, 9.17) is 0 Å². The summed E-state index contributed by atoms with van der Waals surface area (Å²) in [7, 11) is -3.45. The van der Waals surface area contributed by atoms with Gasteiger partial charge in [-0.2, -0.15) is 0 Å². The highest BCUT2D eigenvalue weighted by molar-refractivity contribution is 7.89. The molecular formula is C17H22N4O2S. The summed E-state index contributed by atoms with van der Waals surface area (Å²) in [5.74, 6) is 0. The van der Waals surface area contributed by atoms with Gasteiger partial charge in [-0.3, -0.25) is 9.88 Å². The SMILES string of the molecule is O=S(=O)(NCCN1CCNCC1c1cccnc1)c1ccccc1. The van der Waals surface area contributed by atoms with Crippen LogP contribution in [0.1, 0.15) is 11.6 Å². The second kappa shape index (κ2) is 7.85. The molecule has 1 aromatic heterocycles. The fourth-order valence-corrected chi connectivity index (χ4v) is 3.96. The van der Waals surface area contributed by atoms with E-state index < -0.39 is 10.0 Å². The standard InChI is InChI=1S/C17H22N4O2S/c22-24(23,16-6-2-1-3-7-16)20-10-12-21-11-9-19-14-17(21)15-5-4-8-18-13-15/h1-8,13,17,19-20H,9-12,14H2. The average molecular weight is 346 g/mol. The Hall–Kier alpha value is -1.80. The van der Waals surface area contributed by atoms with Crippen LogP contribution < -0.4 is 10.0 Å². The van der Waals surface area contributed by atoms with E-state index in [-0.39, 0.29) is 6.04 Å². The molecule has 0 bridgehead atoms. The predicted molar refractivity (Wildman–Crippen MR) is 93.1 cm³/mol. The van der Waals surface area contributed by atoms with Crippen molar-refractivity contribution in [3.63, 3.8) is 0 Å². The highest BCUT2D eigenvalue weighted by Gasteiger charge is 2.24. The number of aromatic nitrogens is 1. The summed E-state index contributed by atoms with van der Waals surface area (Å²) in [6.45, 7) is 3.67. The van der Waals surface area contributed by atoms with Crippen LogP contribution in [-0.4, -0.2) is 51.0 Å². The maximum absolute atomic E-state index is 12.3. The molecule has 2 heterocycles. The lowest BCUT2D eigenvalue weighted by atomic mass is 10.1. The molecule has 1 aromatic carbocycles. The largest absolute Gasteiger partial charge is 0.314 e. The Labute approximate surface area is 143 Å². The molecule has 7 heteroatoms. The first-order valence-electron chi connectivity index (χ1n) is 8.06. The number of sulfonamides is 1. The van der Waals surface area contributed by atoms with Gasteiger partial charge < -0.3 is 5.32 Å². The van der Waals surface area contributed by atoms with E-state index in [1.165, 1.54) is 0 Å². The van der Waals surface area contributed by atoms with Crippen molar-refractivity contribution in [2.45, 2.75) is 10.9 Å². The van der Waals surface area contributed by atoms with Crippen LogP contribution in [0.4, 0.5) is 0 Å². The molecule has 0 radical (unpaired) electrons. The number of nitrogens with one attached hydrogen (secondary N) is 2. The minimum Gasteiger partial charge on any atom is -0.314 e. The van der Waals surface area contributed by atoms with Gasteiger partial charge in [0.15, 0.2) is 0 Å². The third-order valence-corrected chi connectivity index (χ3v) is 5.64. The van der Waals surface area contributed by atoms with Crippen LogP contribution >= 0.6 is 0 Å². The van der Waals surface area contributed by atoms with Crippen molar-refractivity contribution in [2.24, 2.45) is 0 Å². The third-order valence-electron chi connectivity index (χ3n) is 4.17. The third kappa shape index (κ3) is 4.18. The number of benzene rings is 1. The van der Waals surface area contributed by atoms with E-state index in [1.807, 2.05) is 12.3 Å². The van der Waals surface area contributed by atoms with Crippen molar-refractivity contribution >= 4 is 10.0 Å². The molecule has 0 amide bonds. The molecule has 0 spiro atoms. The van der Waals surface area contributed by atoms with Gasteiger partial charge in [-0.05, 0) is 23.8 Å². The number of hydrogen-bond acceptors (Lipinski definition) is 5. The summed E-state index contributed by atoms with van der Waals surface area (Å²) >= 11 is 0. The van der Waals surface area contributed by atoms with Crippen LogP contribution in [0.5, 0.6) is 0 Å². The van der Waals surface area contributed by atoms with Crippen molar-refractivity contribution in [1.29, 1.82) is 0 Å². The molecule has 1 aliphatic heterocycles. The fourth-order valence-electron chi connectivity index (χ4n) is 2.92. The number of rotatable bonds is 6. The molecule has 0 saturated carbocycles. The summed E-state index contributed by atoms with van der Waals surface area (Å²) < 4.78 is 27.2. The zero-order valence-corrected chi connectivity index (χ0v) is 14.2. The molecule has 128 valence electrons. The highest BCUT2D eigenvalue weighted by atomic mass is 32.2. The van der Waals surface area contributed by atoms with Gasteiger partial charge in [0.05, 0.1) is 4.90 Å². The minimum atomic E-state index is -3.45. The second-order valence-corrected chi connectivity index (χ2v) is 7.52. The second-order valence-electron chi connectivity index (χ2n) is 5.75. The van der Waals surface area contributed by atoms with Crippen LogP contribution in [0, 0.1) is 0 Å². The molecule has 1 atom stereocenters. The predicted octanol–water partition coefficient (Wildman–Crippen LogP) is 1.01. The van der Waals surface area contributed by atoms with Crippen LogP contribution in [0.25, 0.3) is 0 Å². The Morgan fingerprint density at radius 3 is 2.79 bits per heavy atom. The minimum absolute atomic E-state index is 0.216. The molecule has 1 unspecified atom stereocenters. The Kier molecular flexibility index (Phi) is 5.57. The van der Waals surface area contributed by atoms with E-state index in [0.717, 1.165) is 25.2 Å². The summed E-state index contributed by atoms with van der Waals surface area (Å²) in [6.07, 6.45) is 3.64. The summed E-state index contributed by atoms with van der Waals surface area (Å²) in [4.78, 5) is 6.78. The van der Waals surface area contributed by atoms with E-state index in [0.29, 0.717) is 18.0 Å². The highest BCUT2D eigenvalue weighted by Crippen LogP contribution is 2.20. The maximum Gasteiger partial charge on any atom is 0.240 e. The van der Waals surface area contributed by atoms with E-state index >= 15 is 0 Å². The fraction of sp³-hybridized carbons (Fsp3) is 0.353. The first-order chi connectivity index (χ1) is 11.7. The van der Waals surface area contributed by atoms with Gasteiger partial charge in [0.25, 0.3) is 0 Å². The van der Waals surface area contributed by atoms with E-state index in [9.17, 15) is 8.42 Å². The zero-order valence-electron chi connectivity index (χ0n) is 13.4. The van der Waals surface area contributed by atoms with Crippen molar-refractivity contribution < 1.29 is 8.42 Å². The van der Waals surface area contributed by atoms with Gasteiger partial charge >= 0.3 is 0 Å². The van der Waals surface area contributed by atoms with Gasteiger partial charge in [-0.15, -0.1) is 0 Å². The molecular weight excluding hydrogens is 324 g/mol. The van der Waals surface area contributed by atoms with Crippen molar-refractivity contribution in [2.75, 3.05) is 32.7 Å². The number of nitrogens with zero attached hydrogens (tertiary/aromatic N) is 2. The van der Waals surface area contributed by atoms with Crippen LogP contribution in [0.15, 0.2) is 59.8 Å². The van der Waals surface area contributed by atoms with Crippen molar-refractivity contribution in [1.82, 2.24) is 19.9 Å². The Morgan fingerprint density at radius 1 is 1.21 bits per heavy atom. The average Bonchev–Trinajstić information content (AvgIpc) is 2.63. The number of hydrogen-bond donors (Lipinski definition) is 2. The smallest absolute Gasteiger partial charge is 0.240 e. The summed E-state index contributed by atoms with van der Waals surface area (Å²) in [5, 5.41) is 3.39. The normalized spacial score (nSPS) is 19.2. The lowest BCUT2D eigenvalue weighted by Crippen LogP contribution is -2.48. The van der Waals surface area contributed by atoms with E-state index in [1.54, 1.807) is 36.5 Å². The monoisotopic (exact) mass is 346 g/mol. The van der Waals surface area contributed by atoms with Crippen LogP contribution in [0.3, 0.4) is 0 Å². The summed E-state index contributed by atoms with van der Waals surface area (Å²) in [6, 6.07) is 12.7. The van der Waals surface area contributed by atoms with E-state index in [2.05, 4.69) is 26.0 Å².